The van der Waals surface area contributed by atoms with Crippen molar-refractivity contribution in [1.82, 2.24) is 15.0 Å². The smallest absolute Gasteiger partial charge is 0.264 e. The molecule has 8 heteroatoms. The summed E-state index contributed by atoms with van der Waals surface area (Å²) in [5.74, 6) is 1.55. The lowest BCUT2D eigenvalue weighted by atomic mass is 9.97. The Balaban J connectivity index is 1.46. The predicted molar refractivity (Wildman–Crippen MR) is 97.3 cm³/mol. The monoisotopic (exact) mass is 374 g/mol. The molecule has 0 aromatic carbocycles. The molecule has 7 nitrogen and oxygen atoms in total. The minimum atomic E-state index is 0.0142. The highest BCUT2D eigenvalue weighted by Crippen LogP contribution is 2.34. The van der Waals surface area contributed by atoms with Crippen molar-refractivity contribution >= 4 is 28.2 Å². The molecule has 1 saturated carbocycles. The molecule has 2 aromatic heterocycles. The number of carbonyl (C=O) groups excluding carboxylic acids is 2. The molecule has 1 aliphatic heterocycles. The number of rotatable bonds is 4. The largest absolute Gasteiger partial charge is 0.339 e. The van der Waals surface area contributed by atoms with Crippen molar-refractivity contribution in [2.45, 2.75) is 45.4 Å². The highest BCUT2D eigenvalue weighted by Gasteiger charge is 2.32. The van der Waals surface area contributed by atoms with E-state index in [2.05, 4.69) is 15.5 Å². The van der Waals surface area contributed by atoms with Gasteiger partial charge in [0, 0.05) is 19.0 Å². The fraction of sp³-hybridized carbons (Fsp3) is 0.556. The number of nitrogens with zero attached hydrogens (tertiary/aromatic N) is 3. The topological polar surface area (TPSA) is 88.3 Å². The summed E-state index contributed by atoms with van der Waals surface area (Å²) < 4.78 is 5.29. The number of aromatic nitrogens is 2. The van der Waals surface area contributed by atoms with Crippen LogP contribution < -0.4 is 5.32 Å². The van der Waals surface area contributed by atoms with Crippen LogP contribution in [0, 0.1) is 19.8 Å². The van der Waals surface area contributed by atoms with Crippen LogP contribution in [0.25, 0.3) is 0 Å². The lowest BCUT2D eigenvalue weighted by molar-refractivity contribution is -0.117. The lowest BCUT2D eigenvalue weighted by Gasteiger charge is -2.30. The first-order valence-electron chi connectivity index (χ1n) is 9.02. The van der Waals surface area contributed by atoms with Crippen molar-refractivity contribution < 1.29 is 14.1 Å². The van der Waals surface area contributed by atoms with Gasteiger partial charge in [-0.05, 0) is 51.2 Å². The van der Waals surface area contributed by atoms with Gasteiger partial charge < -0.3 is 14.7 Å². The Hall–Kier alpha value is -2.22. The molecule has 1 saturated heterocycles. The summed E-state index contributed by atoms with van der Waals surface area (Å²) in [6, 6.07) is 1.89. The Morgan fingerprint density at radius 3 is 2.81 bits per heavy atom. The van der Waals surface area contributed by atoms with E-state index in [1.165, 1.54) is 11.3 Å². The van der Waals surface area contributed by atoms with Gasteiger partial charge in [-0.3, -0.25) is 9.59 Å². The number of piperidine rings is 1. The maximum Gasteiger partial charge on any atom is 0.264 e. The molecule has 3 heterocycles. The van der Waals surface area contributed by atoms with Gasteiger partial charge in [0.25, 0.3) is 5.91 Å². The maximum absolute atomic E-state index is 13.0. The molecular formula is C18H22N4O3S. The van der Waals surface area contributed by atoms with Crippen LogP contribution in [0.3, 0.4) is 0 Å². The van der Waals surface area contributed by atoms with E-state index in [1.807, 2.05) is 17.9 Å². The van der Waals surface area contributed by atoms with E-state index in [-0.39, 0.29) is 23.7 Å². The van der Waals surface area contributed by atoms with Gasteiger partial charge >= 0.3 is 0 Å². The Kier molecular flexibility index (Phi) is 4.52. The maximum atomic E-state index is 13.0. The van der Waals surface area contributed by atoms with E-state index in [0.717, 1.165) is 42.8 Å². The van der Waals surface area contributed by atoms with Gasteiger partial charge in [-0.1, -0.05) is 5.16 Å². The Morgan fingerprint density at radius 1 is 1.31 bits per heavy atom. The quantitative estimate of drug-likeness (QED) is 0.888. The zero-order valence-corrected chi connectivity index (χ0v) is 15.8. The summed E-state index contributed by atoms with van der Waals surface area (Å²) >= 11 is 1.36. The van der Waals surface area contributed by atoms with Gasteiger partial charge in [-0.2, -0.15) is 4.98 Å². The van der Waals surface area contributed by atoms with Crippen molar-refractivity contribution in [1.29, 1.82) is 0 Å². The summed E-state index contributed by atoms with van der Waals surface area (Å²) in [6.45, 7) is 5.02. The van der Waals surface area contributed by atoms with Gasteiger partial charge in [0.1, 0.15) is 0 Å². The average molecular weight is 374 g/mol. The zero-order valence-electron chi connectivity index (χ0n) is 14.9. The van der Waals surface area contributed by atoms with Gasteiger partial charge in [-0.25, -0.2) is 0 Å². The zero-order chi connectivity index (χ0) is 18.3. The first-order chi connectivity index (χ1) is 12.5. The van der Waals surface area contributed by atoms with Crippen LogP contribution in [0.2, 0.25) is 0 Å². The predicted octanol–water partition coefficient (Wildman–Crippen LogP) is 3.12. The van der Waals surface area contributed by atoms with Crippen LogP contribution in [0.5, 0.6) is 0 Å². The number of hydrogen-bond acceptors (Lipinski definition) is 6. The molecule has 2 amide bonds. The second-order valence-corrected chi connectivity index (χ2v) is 8.21. The number of hydrogen-bond donors (Lipinski definition) is 1. The van der Waals surface area contributed by atoms with Crippen molar-refractivity contribution in [3.63, 3.8) is 0 Å². The van der Waals surface area contributed by atoms with Gasteiger partial charge in [0.15, 0.2) is 5.82 Å². The van der Waals surface area contributed by atoms with Crippen molar-refractivity contribution in [2.75, 3.05) is 18.4 Å². The minimum Gasteiger partial charge on any atom is -0.339 e. The second kappa shape index (κ2) is 6.83. The van der Waals surface area contributed by atoms with Crippen molar-refractivity contribution in [3.05, 3.63) is 28.2 Å². The number of nitrogens with one attached hydrogen (secondary N) is 1. The summed E-state index contributed by atoms with van der Waals surface area (Å²) in [7, 11) is 0. The highest BCUT2D eigenvalue weighted by atomic mass is 32.1. The third kappa shape index (κ3) is 3.51. The molecule has 1 aliphatic carbocycles. The van der Waals surface area contributed by atoms with E-state index in [4.69, 9.17) is 4.52 Å². The SMILES string of the molecule is Cc1noc(C2CCCN(C(=O)c3sc(NC(=O)C4CC4)cc3C)C2)n1. The average Bonchev–Trinajstić information content (AvgIpc) is 3.30. The first-order valence-corrected chi connectivity index (χ1v) is 9.83. The second-order valence-electron chi connectivity index (χ2n) is 7.16. The number of likely N-dealkylation sites (tertiary alicyclic amines) is 1. The molecule has 26 heavy (non-hydrogen) atoms. The number of thiophene rings is 1. The molecule has 0 radical (unpaired) electrons. The van der Waals surface area contributed by atoms with Gasteiger partial charge in [0.2, 0.25) is 11.8 Å². The molecule has 0 spiro atoms. The summed E-state index contributed by atoms with van der Waals surface area (Å²) in [6.07, 6.45) is 3.78. The number of carbonyl (C=O) groups is 2. The molecule has 2 aromatic rings. The third-order valence-electron chi connectivity index (χ3n) is 4.91. The molecule has 2 aliphatic rings. The Bertz CT molecular complexity index is 839. The highest BCUT2D eigenvalue weighted by molar-refractivity contribution is 7.18. The summed E-state index contributed by atoms with van der Waals surface area (Å²) in [5.41, 5.74) is 0.904. The van der Waals surface area contributed by atoms with E-state index in [9.17, 15) is 9.59 Å². The van der Waals surface area contributed by atoms with E-state index < -0.39 is 0 Å². The molecule has 0 bridgehead atoms. The van der Waals surface area contributed by atoms with Gasteiger partial charge in [0.05, 0.1) is 15.8 Å². The summed E-state index contributed by atoms with van der Waals surface area (Å²) in [5, 5.41) is 7.55. The van der Waals surface area contributed by atoms with Crippen molar-refractivity contribution in [2.24, 2.45) is 5.92 Å². The van der Waals surface area contributed by atoms with E-state index >= 15 is 0 Å². The molecule has 1 unspecified atom stereocenters. The molecule has 1 N–H and O–H groups in total. The molecule has 4 rings (SSSR count). The Morgan fingerprint density at radius 2 is 2.12 bits per heavy atom. The van der Waals surface area contributed by atoms with E-state index in [1.54, 1.807) is 6.92 Å². The summed E-state index contributed by atoms with van der Waals surface area (Å²) in [4.78, 5) is 31.8. The lowest BCUT2D eigenvalue weighted by Crippen LogP contribution is -2.39. The van der Waals surface area contributed by atoms with E-state index in [0.29, 0.717) is 23.1 Å². The minimum absolute atomic E-state index is 0.0142. The molecule has 1 atom stereocenters. The standard InChI is InChI=1S/C18H22N4O3S/c1-10-8-14(20-16(23)12-5-6-12)26-15(10)18(24)22-7-3-4-13(9-22)17-19-11(2)21-25-17/h8,12-13H,3-7,9H2,1-2H3,(H,20,23). The van der Waals surface area contributed by atoms with Crippen LogP contribution >= 0.6 is 11.3 Å². The molecular weight excluding hydrogens is 352 g/mol. The molecule has 2 fully saturated rings. The van der Waals surface area contributed by atoms with Crippen LogP contribution in [0.1, 0.15) is 58.6 Å². The third-order valence-corrected chi connectivity index (χ3v) is 6.05. The van der Waals surface area contributed by atoms with Gasteiger partial charge in [-0.15, -0.1) is 11.3 Å². The van der Waals surface area contributed by atoms with Crippen molar-refractivity contribution in [3.8, 4) is 0 Å². The number of aryl methyl sites for hydroxylation is 2. The van der Waals surface area contributed by atoms with Crippen LogP contribution in [-0.4, -0.2) is 39.9 Å². The fourth-order valence-electron chi connectivity index (χ4n) is 3.31. The van der Waals surface area contributed by atoms with Crippen LogP contribution in [0.4, 0.5) is 5.00 Å². The fourth-order valence-corrected chi connectivity index (χ4v) is 4.35. The number of amides is 2. The Labute approximate surface area is 155 Å². The van der Waals surface area contributed by atoms with Crippen LogP contribution in [0.15, 0.2) is 10.6 Å². The number of anilines is 1. The van der Waals surface area contributed by atoms with Crippen LogP contribution in [-0.2, 0) is 4.79 Å². The first kappa shape index (κ1) is 17.2. The normalized spacial score (nSPS) is 20.2. The molecule has 138 valence electrons.